The van der Waals surface area contributed by atoms with Crippen molar-refractivity contribution in [3.8, 4) is 28.0 Å². The molecule has 0 bridgehead atoms. The van der Waals surface area contributed by atoms with Gasteiger partial charge in [0.2, 0.25) is 0 Å². The van der Waals surface area contributed by atoms with Crippen LogP contribution < -0.4 is 4.74 Å². The number of thiol groups is 1. The van der Waals surface area contributed by atoms with Gasteiger partial charge in [0.1, 0.15) is 12.3 Å². The third-order valence-electron chi connectivity index (χ3n) is 7.06. The molecule has 0 N–H and O–H groups in total. The Morgan fingerprint density at radius 3 is 2.38 bits per heavy atom. The Morgan fingerprint density at radius 1 is 0.897 bits per heavy atom. The normalized spacial score (nSPS) is 15.6. The summed E-state index contributed by atoms with van der Waals surface area (Å²) < 4.78 is 59.1. The van der Waals surface area contributed by atoms with Crippen LogP contribution in [-0.4, -0.2) is 49.8 Å². The molecule has 10 heteroatoms. The second kappa shape index (κ2) is 10.4. The zero-order valence-electron chi connectivity index (χ0n) is 21.0. The van der Waals surface area contributed by atoms with Gasteiger partial charge in [-0.05, 0) is 72.8 Å². The van der Waals surface area contributed by atoms with Crippen molar-refractivity contribution in [3.63, 3.8) is 0 Å². The third kappa shape index (κ3) is 5.27. The van der Waals surface area contributed by atoms with Crippen LogP contribution in [0.15, 0.2) is 84.1 Å². The number of fused-ring (bicyclic) bond motifs is 2. The fraction of sp³-hybridized carbons (Fsp3) is 0.241. The smallest absolute Gasteiger partial charge is 0.410 e. The Morgan fingerprint density at radius 2 is 1.64 bits per heavy atom. The van der Waals surface area contributed by atoms with Gasteiger partial charge in [-0.15, -0.1) is 4.21 Å². The quantitative estimate of drug-likeness (QED) is 0.187. The molecule has 3 aromatic carbocycles. The molecular weight excluding hydrogens is 522 g/mol. The van der Waals surface area contributed by atoms with Gasteiger partial charge in [-0.25, -0.2) is 9.50 Å². The van der Waals surface area contributed by atoms with E-state index < -0.39 is 23.7 Å². The summed E-state index contributed by atoms with van der Waals surface area (Å²) in [6.45, 7) is 0.932. The predicted octanol–water partition coefficient (Wildman–Crippen LogP) is 5.86. The van der Waals surface area contributed by atoms with E-state index in [-0.39, 0.29) is 10.6 Å². The number of hydrogen-bond acceptors (Lipinski definition) is 6. The van der Waals surface area contributed by atoms with Crippen molar-refractivity contribution in [2.24, 2.45) is 0 Å². The van der Waals surface area contributed by atoms with E-state index in [4.69, 9.17) is 4.74 Å². The van der Waals surface area contributed by atoms with E-state index in [2.05, 4.69) is 10.1 Å². The van der Waals surface area contributed by atoms with Crippen LogP contribution in [0.5, 0.6) is 5.75 Å². The highest BCUT2D eigenvalue weighted by Gasteiger charge is 2.34. The van der Waals surface area contributed by atoms with Crippen molar-refractivity contribution in [1.82, 2.24) is 19.5 Å². The van der Waals surface area contributed by atoms with E-state index in [1.807, 2.05) is 18.3 Å². The molecule has 200 valence electrons. The Labute approximate surface area is 226 Å². The summed E-state index contributed by atoms with van der Waals surface area (Å²) in [5.41, 5.74) is 3.74. The maximum atomic E-state index is 14.5. The van der Waals surface area contributed by atoms with Crippen molar-refractivity contribution in [3.05, 3.63) is 79.3 Å². The molecule has 0 spiro atoms. The van der Waals surface area contributed by atoms with E-state index in [9.17, 15) is 17.5 Å². The predicted molar refractivity (Wildman–Crippen MR) is 146 cm³/mol. The second-order valence-electron chi connectivity index (χ2n) is 9.70. The molecule has 3 heterocycles. The summed E-state index contributed by atoms with van der Waals surface area (Å²) in [4.78, 5) is 6.65. The molecule has 0 saturated carbocycles. The maximum absolute atomic E-state index is 14.5. The number of halogens is 2. The van der Waals surface area contributed by atoms with Crippen LogP contribution in [0.2, 0.25) is 0 Å². The number of benzene rings is 3. The minimum absolute atomic E-state index is 0.103. The lowest BCUT2D eigenvalue weighted by atomic mass is 10.00. The van der Waals surface area contributed by atoms with Gasteiger partial charge in [0, 0.05) is 28.9 Å². The summed E-state index contributed by atoms with van der Waals surface area (Å²) in [5, 5.41) is 5.91. The first-order valence-corrected chi connectivity index (χ1v) is 14.0. The van der Waals surface area contributed by atoms with Gasteiger partial charge in [0.05, 0.1) is 17.3 Å². The number of likely N-dealkylation sites (tertiary alicyclic amines) is 1. The van der Waals surface area contributed by atoms with Crippen LogP contribution in [0.25, 0.3) is 38.7 Å². The van der Waals surface area contributed by atoms with Crippen molar-refractivity contribution >= 4 is 27.5 Å². The molecule has 1 unspecified atom stereocenters. The van der Waals surface area contributed by atoms with Gasteiger partial charge in [-0.3, -0.25) is 4.90 Å². The van der Waals surface area contributed by atoms with E-state index in [0.29, 0.717) is 24.1 Å². The summed E-state index contributed by atoms with van der Waals surface area (Å²) in [5.74, 6) is 0.103. The fourth-order valence-corrected chi connectivity index (χ4v) is 5.78. The maximum Gasteiger partial charge on any atom is 0.410 e. The minimum Gasteiger partial charge on any atom is -0.612 e. The van der Waals surface area contributed by atoms with E-state index in [1.165, 1.54) is 12.1 Å². The van der Waals surface area contributed by atoms with Gasteiger partial charge < -0.3 is 9.29 Å². The highest BCUT2D eigenvalue weighted by Crippen LogP contribution is 2.34. The molecule has 0 aliphatic carbocycles. The van der Waals surface area contributed by atoms with Crippen LogP contribution in [0.4, 0.5) is 8.78 Å². The number of hydrogen-bond donors (Lipinski definition) is 0. The third-order valence-corrected chi connectivity index (χ3v) is 7.84. The summed E-state index contributed by atoms with van der Waals surface area (Å²) in [6, 6.07) is 17.2. The molecule has 0 radical (unpaired) electrons. The van der Waals surface area contributed by atoms with Crippen molar-refractivity contribution in [2.45, 2.75) is 30.3 Å². The topological polar surface area (TPSA) is 82.8 Å². The van der Waals surface area contributed by atoms with E-state index in [1.54, 1.807) is 58.2 Å². The molecule has 1 fully saturated rings. The van der Waals surface area contributed by atoms with Gasteiger partial charge in [0.15, 0.2) is 10.5 Å². The molecule has 7 nitrogen and oxygen atoms in total. The monoisotopic (exact) mass is 548 g/mol. The van der Waals surface area contributed by atoms with Crippen LogP contribution in [0.3, 0.4) is 0 Å². The molecule has 1 saturated heterocycles. The molecule has 1 atom stereocenters. The largest absolute Gasteiger partial charge is 0.612 e. The SMILES string of the molecule is O=[SH+]([O-])c1ccc(-c2cnn3cc(-c4ccc(OC(F)(F)CN5CCCCC5)cc4)cnc23)c2ccccc12. The lowest BCUT2D eigenvalue weighted by Gasteiger charge is -2.30. The summed E-state index contributed by atoms with van der Waals surface area (Å²) in [6.07, 6.45) is 4.91. The molecule has 0 amide bonds. The second-order valence-corrected chi connectivity index (χ2v) is 10.7. The van der Waals surface area contributed by atoms with E-state index in [0.717, 1.165) is 46.9 Å². The Balaban J connectivity index is 1.25. The average molecular weight is 549 g/mol. The number of piperidine rings is 1. The van der Waals surface area contributed by atoms with Gasteiger partial charge in [-0.2, -0.15) is 13.9 Å². The van der Waals surface area contributed by atoms with Crippen LogP contribution in [-0.2, 0) is 15.3 Å². The molecule has 39 heavy (non-hydrogen) atoms. The summed E-state index contributed by atoms with van der Waals surface area (Å²) in [7, 11) is 0. The first kappa shape index (κ1) is 25.5. The number of rotatable bonds is 7. The van der Waals surface area contributed by atoms with Crippen LogP contribution >= 0.6 is 0 Å². The van der Waals surface area contributed by atoms with Gasteiger partial charge in [0.25, 0.3) is 0 Å². The Hall–Kier alpha value is -3.73. The Bertz CT molecular complexity index is 1670. The molecule has 6 rings (SSSR count). The number of aromatic nitrogens is 3. The molecule has 1 aliphatic rings. The lowest BCUT2D eigenvalue weighted by Crippen LogP contribution is -2.43. The Kier molecular flexibility index (Phi) is 6.84. The van der Waals surface area contributed by atoms with Crippen LogP contribution in [0.1, 0.15) is 19.3 Å². The lowest BCUT2D eigenvalue weighted by molar-refractivity contribution is -0.189. The minimum atomic E-state index is -3.27. The highest BCUT2D eigenvalue weighted by molar-refractivity contribution is 7.79. The molecule has 2 aromatic heterocycles. The van der Waals surface area contributed by atoms with Gasteiger partial charge in [-0.1, -0.05) is 36.8 Å². The first-order valence-electron chi connectivity index (χ1n) is 12.8. The molecular formula is C29H26F2N4O3S. The molecule has 5 aromatic rings. The number of nitrogens with zero attached hydrogens (tertiary/aromatic N) is 4. The summed E-state index contributed by atoms with van der Waals surface area (Å²) >= 11 is -2.73. The van der Waals surface area contributed by atoms with Crippen molar-refractivity contribution < 1.29 is 22.3 Å². The molecule has 1 aliphatic heterocycles. The standard InChI is InChI=1S/C29H26F2N4O3S/c30-29(31,19-34-14-4-1-5-15-34)38-22-10-8-20(9-11-22)21-16-32-28-26(17-33-35(28)18-21)24-12-13-27(39(36)37)25-7-3-2-6-23(24)25/h2-3,6-13,16-18,39H,1,4-5,14-15,19H2. The highest BCUT2D eigenvalue weighted by atomic mass is 32.2. The number of alkyl halides is 2. The zero-order chi connectivity index (χ0) is 27.0. The average Bonchev–Trinajstić information content (AvgIpc) is 3.36. The van der Waals surface area contributed by atoms with Gasteiger partial charge >= 0.3 is 6.11 Å². The first-order chi connectivity index (χ1) is 18.9. The van der Waals surface area contributed by atoms with E-state index >= 15 is 0 Å². The number of ether oxygens (including phenoxy) is 1. The van der Waals surface area contributed by atoms with Crippen molar-refractivity contribution in [1.29, 1.82) is 0 Å². The van der Waals surface area contributed by atoms with Crippen molar-refractivity contribution in [2.75, 3.05) is 19.6 Å². The zero-order valence-corrected chi connectivity index (χ0v) is 21.9. The fourth-order valence-electron chi connectivity index (χ4n) is 5.19. The van der Waals surface area contributed by atoms with Crippen LogP contribution in [0, 0.1) is 0 Å².